The van der Waals surface area contributed by atoms with E-state index >= 15 is 0 Å². The molecular formula is C27H35N3O5. The van der Waals surface area contributed by atoms with E-state index in [1.165, 1.54) is 11.1 Å². The Morgan fingerprint density at radius 2 is 1.86 bits per heavy atom. The predicted octanol–water partition coefficient (Wildman–Crippen LogP) is 1.76. The van der Waals surface area contributed by atoms with E-state index in [0.29, 0.717) is 37.5 Å². The molecule has 2 aromatic carbocycles. The van der Waals surface area contributed by atoms with E-state index in [9.17, 15) is 19.5 Å². The van der Waals surface area contributed by atoms with E-state index in [1.807, 2.05) is 48.5 Å². The number of nitrogens with one attached hydrogen (secondary N) is 1. The molecule has 8 nitrogen and oxygen atoms in total. The second-order valence-corrected chi connectivity index (χ2v) is 9.69. The lowest BCUT2D eigenvalue weighted by molar-refractivity contribution is -0.142. The van der Waals surface area contributed by atoms with Crippen molar-refractivity contribution in [3.8, 4) is 0 Å². The molecule has 0 bridgehead atoms. The quantitative estimate of drug-likeness (QED) is 0.500. The van der Waals surface area contributed by atoms with E-state index in [-0.39, 0.29) is 35.7 Å². The van der Waals surface area contributed by atoms with Crippen molar-refractivity contribution in [1.29, 1.82) is 0 Å². The van der Waals surface area contributed by atoms with Crippen LogP contribution in [0, 0.1) is 11.8 Å². The van der Waals surface area contributed by atoms with Gasteiger partial charge in [-0.15, -0.1) is 0 Å². The fourth-order valence-corrected chi connectivity index (χ4v) is 5.30. The number of amides is 2. The monoisotopic (exact) mass is 481 g/mol. The van der Waals surface area contributed by atoms with Gasteiger partial charge in [0.15, 0.2) is 0 Å². The van der Waals surface area contributed by atoms with Crippen molar-refractivity contribution < 1.29 is 25.0 Å². The molecule has 0 spiro atoms. The molecule has 4 atom stereocenters. The van der Waals surface area contributed by atoms with Crippen LogP contribution in [0.25, 0.3) is 0 Å². The summed E-state index contributed by atoms with van der Waals surface area (Å²) in [5, 5.41) is 12.2. The number of carboxylic acids is 1. The van der Waals surface area contributed by atoms with Crippen molar-refractivity contribution in [2.24, 2.45) is 17.6 Å². The lowest BCUT2D eigenvalue weighted by Gasteiger charge is -2.28. The topological polar surface area (TPSA) is 144 Å². The van der Waals surface area contributed by atoms with Gasteiger partial charge in [-0.25, -0.2) is 0 Å². The van der Waals surface area contributed by atoms with E-state index in [2.05, 4.69) is 12.2 Å². The standard InChI is InChI=1S/C27H33N3O4.H2O/c1-17(19-5-3-2-4-6-19)16-30-24(12-23(27(30)34)13-25(31)32)15-29-26(33)21-8-7-20-9-18(14-28)10-22(20)11-21;/h2-8,11,17-18,23-24H,9-10,12-16,28H2,1H3,(H,29,33)(H,31,32);1H2/t17?,18?,23-,24-;/m0./s1. The minimum Gasteiger partial charge on any atom is -0.481 e. The molecule has 2 aromatic rings. The van der Waals surface area contributed by atoms with Gasteiger partial charge in [0.05, 0.1) is 12.3 Å². The van der Waals surface area contributed by atoms with E-state index < -0.39 is 11.9 Å². The summed E-state index contributed by atoms with van der Waals surface area (Å²) in [5.74, 6) is -1.33. The average Bonchev–Trinajstić information content (AvgIpc) is 3.38. The number of hydrogen-bond donors (Lipinski definition) is 3. The Morgan fingerprint density at radius 1 is 1.14 bits per heavy atom. The van der Waals surface area contributed by atoms with Crippen LogP contribution in [0.5, 0.6) is 0 Å². The Labute approximate surface area is 205 Å². The lowest BCUT2D eigenvalue weighted by atomic mass is 10.0. The second-order valence-electron chi connectivity index (χ2n) is 9.69. The van der Waals surface area contributed by atoms with E-state index in [0.717, 1.165) is 18.4 Å². The number of aliphatic carboxylic acids is 1. The maximum absolute atomic E-state index is 13.1. The molecule has 1 saturated heterocycles. The Bertz CT molecular complexity index is 1060. The number of likely N-dealkylation sites (tertiary alicyclic amines) is 1. The Hall–Kier alpha value is -3.23. The van der Waals surface area contributed by atoms with Crippen LogP contribution in [-0.4, -0.2) is 58.9 Å². The van der Waals surface area contributed by atoms with Gasteiger partial charge in [0.1, 0.15) is 0 Å². The molecule has 4 rings (SSSR count). The summed E-state index contributed by atoms with van der Waals surface area (Å²) >= 11 is 0. The first-order valence-corrected chi connectivity index (χ1v) is 12.0. The van der Waals surface area contributed by atoms with Gasteiger partial charge in [-0.2, -0.15) is 0 Å². The van der Waals surface area contributed by atoms with Gasteiger partial charge >= 0.3 is 5.97 Å². The lowest BCUT2D eigenvalue weighted by Crippen LogP contribution is -2.43. The van der Waals surface area contributed by atoms with Crippen LogP contribution in [0.4, 0.5) is 0 Å². The van der Waals surface area contributed by atoms with Crippen molar-refractivity contribution in [2.75, 3.05) is 19.6 Å². The van der Waals surface area contributed by atoms with Crippen LogP contribution in [-0.2, 0) is 22.4 Å². The summed E-state index contributed by atoms with van der Waals surface area (Å²) in [4.78, 5) is 39.0. The maximum atomic E-state index is 13.1. The molecule has 1 heterocycles. The number of nitrogens with two attached hydrogens (primary N) is 1. The highest BCUT2D eigenvalue weighted by Crippen LogP contribution is 2.30. The number of carboxylic acid groups (broad SMARTS) is 1. The van der Waals surface area contributed by atoms with Crippen molar-refractivity contribution in [2.45, 2.75) is 44.6 Å². The molecule has 188 valence electrons. The number of carbonyl (C=O) groups excluding carboxylic acids is 2. The molecule has 35 heavy (non-hydrogen) atoms. The van der Waals surface area contributed by atoms with Crippen LogP contribution in [0.15, 0.2) is 48.5 Å². The SMILES string of the molecule is CC(CN1C(=O)[C@H](CC(=O)O)C[C@H]1CNC(=O)c1ccc2c(c1)CC(CN)C2)c1ccccc1.O. The fraction of sp³-hybridized carbons (Fsp3) is 0.444. The number of rotatable bonds is 9. The first kappa shape index (κ1) is 26.4. The molecule has 0 saturated carbocycles. The minimum atomic E-state index is -0.979. The smallest absolute Gasteiger partial charge is 0.304 e. The molecule has 2 aliphatic rings. The molecule has 0 aromatic heterocycles. The van der Waals surface area contributed by atoms with Crippen LogP contribution in [0.3, 0.4) is 0 Å². The molecule has 6 N–H and O–H groups in total. The van der Waals surface area contributed by atoms with Gasteiger partial charge in [0, 0.05) is 24.7 Å². The molecule has 1 aliphatic carbocycles. The summed E-state index contributed by atoms with van der Waals surface area (Å²) in [5.41, 5.74) is 9.98. The summed E-state index contributed by atoms with van der Waals surface area (Å²) in [6.07, 6.45) is 2.09. The summed E-state index contributed by atoms with van der Waals surface area (Å²) in [6.45, 7) is 3.48. The highest BCUT2D eigenvalue weighted by Gasteiger charge is 2.41. The zero-order valence-corrected chi connectivity index (χ0v) is 20.1. The van der Waals surface area contributed by atoms with E-state index in [4.69, 9.17) is 5.73 Å². The van der Waals surface area contributed by atoms with Gasteiger partial charge in [-0.1, -0.05) is 43.3 Å². The average molecular weight is 482 g/mol. The summed E-state index contributed by atoms with van der Waals surface area (Å²) < 4.78 is 0. The predicted molar refractivity (Wildman–Crippen MR) is 133 cm³/mol. The number of carbonyl (C=O) groups is 3. The van der Waals surface area contributed by atoms with Gasteiger partial charge in [0.25, 0.3) is 5.91 Å². The molecule has 2 unspecified atom stereocenters. The number of benzene rings is 2. The van der Waals surface area contributed by atoms with Crippen LogP contribution < -0.4 is 11.1 Å². The first-order valence-electron chi connectivity index (χ1n) is 12.0. The van der Waals surface area contributed by atoms with Crippen molar-refractivity contribution in [3.05, 3.63) is 70.8 Å². The van der Waals surface area contributed by atoms with Crippen molar-refractivity contribution in [1.82, 2.24) is 10.2 Å². The highest BCUT2D eigenvalue weighted by molar-refractivity contribution is 5.94. The molecule has 1 aliphatic heterocycles. The third-order valence-electron chi connectivity index (χ3n) is 7.21. The Kier molecular flexibility index (Phi) is 8.64. The first-order chi connectivity index (χ1) is 16.4. The van der Waals surface area contributed by atoms with Crippen LogP contribution in [0.2, 0.25) is 0 Å². The highest BCUT2D eigenvalue weighted by atomic mass is 16.4. The Morgan fingerprint density at radius 3 is 2.54 bits per heavy atom. The van der Waals surface area contributed by atoms with Gasteiger partial charge < -0.3 is 26.5 Å². The van der Waals surface area contributed by atoms with Crippen molar-refractivity contribution in [3.63, 3.8) is 0 Å². The van der Waals surface area contributed by atoms with Gasteiger partial charge in [0.2, 0.25) is 5.91 Å². The molecule has 1 fully saturated rings. The molecular weight excluding hydrogens is 446 g/mol. The number of fused-ring (bicyclic) bond motifs is 1. The van der Waals surface area contributed by atoms with E-state index in [1.54, 1.807) is 4.90 Å². The number of nitrogens with zero attached hydrogens (tertiary/aromatic N) is 1. The summed E-state index contributed by atoms with van der Waals surface area (Å²) in [6, 6.07) is 15.5. The second kappa shape index (κ2) is 11.5. The van der Waals surface area contributed by atoms with Crippen LogP contribution in [0.1, 0.15) is 52.7 Å². The largest absolute Gasteiger partial charge is 0.481 e. The van der Waals surface area contributed by atoms with Crippen LogP contribution >= 0.6 is 0 Å². The Balaban J connectivity index is 0.00000342. The maximum Gasteiger partial charge on any atom is 0.304 e. The zero-order valence-electron chi connectivity index (χ0n) is 20.1. The minimum absolute atomic E-state index is 0. The third kappa shape index (κ3) is 6.07. The fourth-order valence-electron chi connectivity index (χ4n) is 5.30. The molecule has 0 radical (unpaired) electrons. The van der Waals surface area contributed by atoms with Crippen molar-refractivity contribution >= 4 is 17.8 Å². The normalized spacial score (nSPS) is 21.8. The molecule has 8 heteroatoms. The summed E-state index contributed by atoms with van der Waals surface area (Å²) in [7, 11) is 0. The van der Waals surface area contributed by atoms with Gasteiger partial charge in [-0.05, 0) is 66.5 Å². The third-order valence-corrected chi connectivity index (χ3v) is 7.21. The van der Waals surface area contributed by atoms with Gasteiger partial charge in [-0.3, -0.25) is 14.4 Å². The molecule has 2 amide bonds. The zero-order chi connectivity index (χ0) is 24.2. The number of hydrogen-bond acceptors (Lipinski definition) is 4.